The normalized spacial score (nSPS) is 25.9. The Morgan fingerprint density at radius 2 is 2.27 bits per heavy atom. The molecule has 1 N–H and O–H groups in total. The van der Waals surface area contributed by atoms with Crippen LogP contribution in [-0.2, 0) is 14.9 Å². The molecule has 0 radical (unpaired) electrons. The van der Waals surface area contributed by atoms with Crippen molar-refractivity contribution >= 4 is 5.97 Å². The average molecular weight is 303 g/mol. The minimum absolute atomic E-state index is 0.152. The smallest absolute Gasteiger partial charge is 0.317 e. The zero-order chi connectivity index (χ0) is 15.6. The van der Waals surface area contributed by atoms with Crippen LogP contribution in [0.5, 0.6) is 5.75 Å². The molecule has 1 heterocycles. The van der Waals surface area contributed by atoms with Gasteiger partial charge in [0.05, 0.1) is 6.61 Å². The summed E-state index contributed by atoms with van der Waals surface area (Å²) in [5.74, 6) is 0.865. The second-order valence-corrected chi connectivity index (χ2v) is 6.63. The van der Waals surface area contributed by atoms with E-state index in [0.717, 1.165) is 37.4 Å². The molecule has 1 saturated carbocycles. The number of benzene rings is 1. The number of phenols is 1. The van der Waals surface area contributed by atoms with Gasteiger partial charge in [0, 0.05) is 13.1 Å². The topological polar surface area (TPSA) is 49.8 Å². The van der Waals surface area contributed by atoms with E-state index >= 15 is 0 Å². The van der Waals surface area contributed by atoms with Crippen molar-refractivity contribution in [2.45, 2.75) is 38.0 Å². The van der Waals surface area contributed by atoms with Crippen molar-refractivity contribution in [2.75, 3.05) is 26.2 Å². The van der Waals surface area contributed by atoms with Crippen molar-refractivity contribution in [1.82, 2.24) is 4.90 Å². The Balaban J connectivity index is 1.89. The molecule has 1 aliphatic carbocycles. The van der Waals surface area contributed by atoms with E-state index in [2.05, 4.69) is 4.90 Å². The molecule has 0 amide bonds. The molecule has 3 rings (SSSR count). The third-order valence-corrected chi connectivity index (χ3v) is 4.85. The number of aromatic hydroxyl groups is 1. The molecule has 120 valence electrons. The molecule has 2 aliphatic rings. The van der Waals surface area contributed by atoms with E-state index in [1.807, 2.05) is 19.1 Å². The van der Waals surface area contributed by atoms with Crippen LogP contribution in [0.4, 0.5) is 0 Å². The number of hydrogen-bond acceptors (Lipinski definition) is 4. The standard InChI is InChI=1S/C18H25NO3/c1-2-22-17(21)18(15-5-3-6-16(20)11-15)9-4-10-19(13-18)12-14-7-8-14/h3,5-6,11,14,20H,2,4,7-10,12-13H2,1H3/t18-/m1/s1. The fourth-order valence-corrected chi connectivity index (χ4v) is 3.56. The summed E-state index contributed by atoms with van der Waals surface area (Å²) in [7, 11) is 0. The van der Waals surface area contributed by atoms with Crippen LogP contribution in [0.2, 0.25) is 0 Å². The maximum Gasteiger partial charge on any atom is 0.317 e. The molecule has 1 aromatic rings. The van der Waals surface area contributed by atoms with E-state index in [4.69, 9.17) is 4.74 Å². The summed E-state index contributed by atoms with van der Waals surface area (Å²) in [6, 6.07) is 7.12. The van der Waals surface area contributed by atoms with Crippen LogP contribution >= 0.6 is 0 Å². The molecular formula is C18H25NO3. The third kappa shape index (κ3) is 3.12. The number of phenolic OH excluding ortho intramolecular Hbond substituents is 1. The van der Waals surface area contributed by atoms with Crippen molar-refractivity contribution in [2.24, 2.45) is 5.92 Å². The number of rotatable bonds is 5. The van der Waals surface area contributed by atoms with Gasteiger partial charge in [0.1, 0.15) is 11.2 Å². The van der Waals surface area contributed by atoms with Gasteiger partial charge in [0.15, 0.2) is 0 Å². The van der Waals surface area contributed by atoms with Gasteiger partial charge in [-0.2, -0.15) is 0 Å². The number of esters is 1. The zero-order valence-electron chi connectivity index (χ0n) is 13.3. The summed E-state index contributed by atoms with van der Waals surface area (Å²) < 4.78 is 5.40. The van der Waals surface area contributed by atoms with Gasteiger partial charge in [-0.25, -0.2) is 0 Å². The average Bonchev–Trinajstić information content (AvgIpc) is 3.31. The minimum Gasteiger partial charge on any atom is -0.508 e. The van der Waals surface area contributed by atoms with Crippen molar-refractivity contribution in [1.29, 1.82) is 0 Å². The summed E-state index contributed by atoms with van der Waals surface area (Å²) in [6.45, 7) is 5.07. The fourth-order valence-electron chi connectivity index (χ4n) is 3.56. The van der Waals surface area contributed by atoms with E-state index in [-0.39, 0.29) is 11.7 Å². The predicted octanol–water partition coefficient (Wildman–Crippen LogP) is 2.70. The number of ether oxygens (including phenoxy) is 1. The highest BCUT2D eigenvalue weighted by Crippen LogP contribution is 2.39. The van der Waals surface area contributed by atoms with E-state index in [9.17, 15) is 9.90 Å². The monoisotopic (exact) mass is 303 g/mol. The Morgan fingerprint density at radius 3 is 2.95 bits per heavy atom. The van der Waals surface area contributed by atoms with Gasteiger partial charge in [-0.05, 0) is 62.8 Å². The first-order valence-corrected chi connectivity index (χ1v) is 8.33. The summed E-state index contributed by atoms with van der Waals surface area (Å²) >= 11 is 0. The highest BCUT2D eigenvalue weighted by atomic mass is 16.5. The Kier molecular flexibility index (Phi) is 4.39. The van der Waals surface area contributed by atoms with Crippen LogP contribution in [0.3, 0.4) is 0 Å². The molecule has 0 unspecified atom stereocenters. The van der Waals surface area contributed by atoms with Gasteiger partial charge >= 0.3 is 5.97 Å². The molecule has 1 aromatic carbocycles. The maximum absolute atomic E-state index is 12.7. The molecule has 2 fully saturated rings. The lowest BCUT2D eigenvalue weighted by Gasteiger charge is -2.41. The second-order valence-electron chi connectivity index (χ2n) is 6.63. The van der Waals surface area contributed by atoms with Crippen LogP contribution in [0.25, 0.3) is 0 Å². The summed E-state index contributed by atoms with van der Waals surface area (Å²) in [6.07, 6.45) is 4.40. The van der Waals surface area contributed by atoms with Gasteiger partial charge in [-0.1, -0.05) is 12.1 Å². The highest BCUT2D eigenvalue weighted by molar-refractivity contribution is 5.84. The summed E-state index contributed by atoms with van der Waals surface area (Å²) in [4.78, 5) is 15.2. The summed E-state index contributed by atoms with van der Waals surface area (Å²) in [5, 5.41) is 9.83. The molecule has 0 bridgehead atoms. The van der Waals surface area contributed by atoms with E-state index in [0.29, 0.717) is 13.2 Å². The van der Waals surface area contributed by atoms with Gasteiger partial charge in [0.25, 0.3) is 0 Å². The Morgan fingerprint density at radius 1 is 1.45 bits per heavy atom. The molecule has 4 nitrogen and oxygen atoms in total. The van der Waals surface area contributed by atoms with E-state index < -0.39 is 5.41 Å². The lowest BCUT2D eigenvalue weighted by Crippen LogP contribution is -2.52. The SMILES string of the molecule is CCOC(=O)[C@]1(c2cccc(O)c2)CCCN(CC2CC2)C1. The lowest BCUT2D eigenvalue weighted by molar-refractivity contribution is -0.152. The van der Waals surface area contributed by atoms with Crippen LogP contribution in [0.15, 0.2) is 24.3 Å². The van der Waals surface area contributed by atoms with Gasteiger partial charge in [-0.15, -0.1) is 0 Å². The maximum atomic E-state index is 12.7. The van der Waals surface area contributed by atoms with Gasteiger partial charge in [0.2, 0.25) is 0 Å². The fraction of sp³-hybridized carbons (Fsp3) is 0.611. The van der Waals surface area contributed by atoms with Crippen LogP contribution in [0.1, 0.15) is 38.2 Å². The first-order chi connectivity index (χ1) is 10.6. The zero-order valence-corrected chi connectivity index (χ0v) is 13.3. The Bertz CT molecular complexity index is 541. The minimum atomic E-state index is -0.637. The molecule has 4 heteroatoms. The van der Waals surface area contributed by atoms with Crippen LogP contribution in [0, 0.1) is 5.92 Å². The van der Waals surface area contributed by atoms with Gasteiger partial charge < -0.3 is 14.7 Å². The van der Waals surface area contributed by atoms with Crippen LogP contribution in [-0.4, -0.2) is 42.2 Å². The van der Waals surface area contributed by atoms with Crippen LogP contribution < -0.4 is 0 Å². The molecule has 22 heavy (non-hydrogen) atoms. The molecule has 0 spiro atoms. The first-order valence-electron chi connectivity index (χ1n) is 8.33. The third-order valence-electron chi connectivity index (χ3n) is 4.85. The molecule has 0 aromatic heterocycles. The highest BCUT2D eigenvalue weighted by Gasteiger charge is 2.45. The summed E-state index contributed by atoms with van der Waals surface area (Å²) in [5.41, 5.74) is 0.244. The molecular weight excluding hydrogens is 278 g/mol. The number of piperidine rings is 1. The Hall–Kier alpha value is -1.55. The number of carbonyl (C=O) groups is 1. The van der Waals surface area contributed by atoms with Crippen molar-refractivity contribution in [3.63, 3.8) is 0 Å². The Labute approximate surface area is 132 Å². The number of likely N-dealkylation sites (tertiary alicyclic amines) is 1. The van der Waals surface area contributed by atoms with Crippen molar-refractivity contribution in [3.8, 4) is 5.75 Å². The number of hydrogen-bond donors (Lipinski definition) is 1. The van der Waals surface area contributed by atoms with E-state index in [1.54, 1.807) is 12.1 Å². The van der Waals surface area contributed by atoms with Gasteiger partial charge in [-0.3, -0.25) is 4.79 Å². The molecule has 1 aliphatic heterocycles. The molecule has 1 saturated heterocycles. The first kappa shape index (κ1) is 15.3. The van der Waals surface area contributed by atoms with Crippen molar-refractivity contribution < 1.29 is 14.6 Å². The quantitative estimate of drug-likeness (QED) is 0.850. The van der Waals surface area contributed by atoms with Crippen molar-refractivity contribution in [3.05, 3.63) is 29.8 Å². The number of carbonyl (C=O) groups excluding carboxylic acids is 1. The molecule has 1 atom stereocenters. The second kappa shape index (κ2) is 6.29. The largest absolute Gasteiger partial charge is 0.508 e. The lowest BCUT2D eigenvalue weighted by atomic mass is 9.74. The predicted molar refractivity (Wildman–Crippen MR) is 84.8 cm³/mol. The number of nitrogens with zero attached hydrogens (tertiary/aromatic N) is 1. The van der Waals surface area contributed by atoms with E-state index in [1.165, 1.54) is 12.8 Å².